The van der Waals surface area contributed by atoms with Crippen molar-refractivity contribution < 1.29 is 9.63 Å². The van der Waals surface area contributed by atoms with Crippen LogP contribution in [0.25, 0.3) is 11.0 Å². The molecule has 0 aliphatic rings. The molecule has 5 heteroatoms. The quantitative estimate of drug-likeness (QED) is 0.673. The van der Waals surface area contributed by atoms with Crippen LogP contribution in [-0.4, -0.2) is 15.7 Å². The van der Waals surface area contributed by atoms with E-state index in [-0.39, 0.29) is 0 Å². The van der Waals surface area contributed by atoms with E-state index in [9.17, 15) is 9.59 Å². The fourth-order valence-corrected chi connectivity index (χ4v) is 1.26. The average Bonchev–Trinajstić information content (AvgIpc) is 2.22. The molecule has 0 saturated carbocycles. The Bertz CT molecular complexity index is 574. The van der Waals surface area contributed by atoms with Crippen molar-refractivity contribution in [2.75, 3.05) is 0 Å². The van der Waals surface area contributed by atoms with Crippen molar-refractivity contribution >= 4 is 17.0 Å². The normalized spacial score (nSPS) is 10.2. The molecule has 76 valence electrons. The van der Waals surface area contributed by atoms with Gasteiger partial charge in [-0.2, -0.15) is 0 Å². The molecule has 0 aliphatic carbocycles. The van der Waals surface area contributed by atoms with Crippen molar-refractivity contribution in [3.63, 3.8) is 0 Å². The maximum Gasteiger partial charge on any atom is 0.330 e. The highest BCUT2D eigenvalue weighted by atomic mass is 16.7. The Hall–Kier alpha value is -2.17. The molecule has 0 bridgehead atoms. The molecule has 0 atom stereocenters. The Balaban J connectivity index is 2.74. The lowest BCUT2D eigenvalue weighted by Crippen LogP contribution is -2.29. The molecule has 2 aromatic rings. The van der Waals surface area contributed by atoms with Gasteiger partial charge >= 0.3 is 11.5 Å². The number of aromatic nitrogens is 2. The van der Waals surface area contributed by atoms with Crippen molar-refractivity contribution in [3.8, 4) is 0 Å². The number of carbonyl (C=O) groups excluding carboxylic acids is 1. The Kier molecular flexibility index (Phi) is 2.21. The molecular weight excluding hydrogens is 196 g/mol. The Morgan fingerprint density at radius 1 is 1.40 bits per heavy atom. The summed E-state index contributed by atoms with van der Waals surface area (Å²) in [5, 5.41) is 0. The summed E-state index contributed by atoms with van der Waals surface area (Å²) in [5.74, 6) is -0.548. The number of hydrogen-bond acceptors (Lipinski definition) is 4. The molecule has 5 nitrogen and oxygen atoms in total. The van der Waals surface area contributed by atoms with E-state index in [1.54, 1.807) is 24.3 Å². The third-order valence-corrected chi connectivity index (χ3v) is 1.83. The molecule has 0 radical (unpaired) electrons. The Morgan fingerprint density at radius 3 is 2.87 bits per heavy atom. The summed E-state index contributed by atoms with van der Waals surface area (Å²) < 4.78 is 0.935. The van der Waals surface area contributed by atoms with E-state index in [0.717, 1.165) is 10.9 Å². The number of para-hydroxylation sites is 2. The summed E-state index contributed by atoms with van der Waals surface area (Å²) in [6, 6.07) is 6.92. The largest absolute Gasteiger partial charge is 0.333 e. The topological polar surface area (TPSA) is 61.2 Å². The van der Waals surface area contributed by atoms with Crippen LogP contribution in [0, 0.1) is 0 Å². The van der Waals surface area contributed by atoms with E-state index in [2.05, 4.69) is 4.98 Å². The molecule has 0 unspecified atom stereocenters. The van der Waals surface area contributed by atoms with Gasteiger partial charge in [0.2, 0.25) is 0 Å². The average molecular weight is 204 g/mol. The van der Waals surface area contributed by atoms with Crippen LogP contribution in [0.15, 0.2) is 35.3 Å². The summed E-state index contributed by atoms with van der Waals surface area (Å²) in [4.78, 5) is 30.9. The van der Waals surface area contributed by atoms with Gasteiger partial charge in [-0.05, 0) is 12.1 Å². The van der Waals surface area contributed by atoms with Crippen molar-refractivity contribution in [1.29, 1.82) is 0 Å². The van der Waals surface area contributed by atoms with Crippen LogP contribution >= 0.6 is 0 Å². The minimum Gasteiger partial charge on any atom is -0.333 e. The van der Waals surface area contributed by atoms with Crippen molar-refractivity contribution in [1.82, 2.24) is 9.71 Å². The van der Waals surface area contributed by atoms with Crippen LogP contribution in [0.5, 0.6) is 0 Å². The second-order valence-electron chi connectivity index (χ2n) is 2.96. The molecular formula is C10H8N2O3. The first kappa shape index (κ1) is 9.39. The van der Waals surface area contributed by atoms with Crippen LogP contribution in [-0.2, 0) is 4.79 Å². The van der Waals surface area contributed by atoms with Crippen LogP contribution in [0.2, 0.25) is 0 Å². The molecule has 1 aromatic heterocycles. The second kappa shape index (κ2) is 3.53. The van der Waals surface area contributed by atoms with Gasteiger partial charge in [-0.25, -0.2) is 9.78 Å². The van der Waals surface area contributed by atoms with Crippen molar-refractivity contribution in [2.45, 2.75) is 6.92 Å². The van der Waals surface area contributed by atoms with Crippen LogP contribution in [0.3, 0.4) is 0 Å². The summed E-state index contributed by atoms with van der Waals surface area (Å²) >= 11 is 0. The van der Waals surface area contributed by atoms with Gasteiger partial charge in [-0.15, -0.1) is 4.73 Å². The van der Waals surface area contributed by atoms with Gasteiger partial charge in [0.05, 0.1) is 11.7 Å². The van der Waals surface area contributed by atoms with E-state index in [4.69, 9.17) is 4.84 Å². The van der Waals surface area contributed by atoms with E-state index in [0.29, 0.717) is 11.0 Å². The Morgan fingerprint density at radius 2 is 2.13 bits per heavy atom. The zero-order valence-electron chi connectivity index (χ0n) is 8.01. The lowest BCUT2D eigenvalue weighted by atomic mass is 10.3. The number of nitrogens with zero attached hydrogens (tertiary/aromatic N) is 2. The lowest BCUT2D eigenvalue weighted by Gasteiger charge is -2.06. The molecule has 0 amide bonds. The third-order valence-electron chi connectivity index (χ3n) is 1.83. The van der Waals surface area contributed by atoms with E-state index in [1.165, 1.54) is 6.92 Å². The second-order valence-corrected chi connectivity index (χ2v) is 2.96. The van der Waals surface area contributed by atoms with Gasteiger partial charge in [0.25, 0.3) is 0 Å². The van der Waals surface area contributed by atoms with Crippen LogP contribution in [0.4, 0.5) is 0 Å². The van der Waals surface area contributed by atoms with Crippen LogP contribution in [0.1, 0.15) is 6.92 Å². The van der Waals surface area contributed by atoms with Crippen molar-refractivity contribution in [2.24, 2.45) is 0 Å². The molecule has 2 rings (SSSR count). The van der Waals surface area contributed by atoms with Gasteiger partial charge in [-0.3, -0.25) is 4.79 Å². The minimum absolute atomic E-state index is 0.469. The van der Waals surface area contributed by atoms with Gasteiger partial charge in [-0.1, -0.05) is 12.1 Å². The number of fused-ring (bicyclic) bond motifs is 1. The molecule has 0 aliphatic heterocycles. The summed E-state index contributed by atoms with van der Waals surface area (Å²) in [5.41, 5.74) is 0.599. The zero-order valence-corrected chi connectivity index (χ0v) is 8.01. The third kappa shape index (κ3) is 1.71. The SMILES string of the molecule is CC(=O)On1c(=O)cnc2ccccc21. The monoisotopic (exact) mass is 204 g/mol. The molecule has 0 fully saturated rings. The molecule has 0 N–H and O–H groups in total. The first-order valence-corrected chi connectivity index (χ1v) is 4.34. The summed E-state index contributed by atoms with van der Waals surface area (Å²) in [6.45, 7) is 1.24. The number of benzene rings is 1. The highest BCUT2D eigenvalue weighted by Gasteiger charge is 2.05. The highest BCUT2D eigenvalue weighted by Crippen LogP contribution is 2.06. The fraction of sp³-hybridized carbons (Fsp3) is 0.100. The summed E-state index contributed by atoms with van der Waals surface area (Å²) in [7, 11) is 0. The lowest BCUT2D eigenvalue weighted by molar-refractivity contribution is -0.141. The molecule has 1 aromatic carbocycles. The molecule has 15 heavy (non-hydrogen) atoms. The van der Waals surface area contributed by atoms with Crippen LogP contribution < -0.4 is 10.4 Å². The maximum absolute atomic E-state index is 11.4. The summed E-state index contributed by atoms with van der Waals surface area (Å²) in [6.07, 6.45) is 1.12. The van der Waals surface area contributed by atoms with E-state index < -0.39 is 11.5 Å². The van der Waals surface area contributed by atoms with Gasteiger partial charge < -0.3 is 4.84 Å². The van der Waals surface area contributed by atoms with E-state index >= 15 is 0 Å². The molecule has 0 saturated heterocycles. The van der Waals surface area contributed by atoms with Gasteiger partial charge in [0.1, 0.15) is 5.52 Å². The first-order valence-electron chi connectivity index (χ1n) is 4.34. The van der Waals surface area contributed by atoms with Gasteiger partial charge in [0.15, 0.2) is 0 Å². The number of rotatable bonds is 1. The number of hydrogen-bond donors (Lipinski definition) is 0. The minimum atomic E-state index is -0.548. The standard InChI is InChI=1S/C10H8N2O3/c1-7(13)15-12-9-5-3-2-4-8(9)11-6-10(12)14/h2-6H,1H3. The first-order chi connectivity index (χ1) is 7.18. The maximum atomic E-state index is 11.4. The Labute approximate surface area is 84.9 Å². The molecule has 1 heterocycles. The zero-order chi connectivity index (χ0) is 10.8. The highest BCUT2D eigenvalue weighted by molar-refractivity contribution is 5.75. The van der Waals surface area contributed by atoms with Gasteiger partial charge in [0, 0.05) is 6.92 Å². The fourth-order valence-electron chi connectivity index (χ4n) is 1.26. The predicted molar refractivity (Wildman–Crippen MR) is 53.3 cm³/mol. The van der Waals surface area contributed by atoms with E-state index in [1.807, 2.05) is 0 Å². The van der Waals surface area contributed by atoms with Crippen molar-refractivity contribution in [3.05, 3.63) is 40.8 Å². The number of carbonyl (C=O) groups is 1. The molecule has 0 spiro atoms. The predicted octanol–water partition coefficient (Wildman–Crippen LogP) is 0.372. The smallest absolute Gasteiger partial charge is 0.330 e.